The minimum absolute atomic E-state index is 0.389. The molecule has 0 radical (unpaired) electrons. The van der Waals surface area contributed by atoms with E-state index in [-0.39, 0.29) is 0 Å². The zero-order valence-corrected chi connectivity index (χ0v) is 12.9. The van der Waals surface area contributed by atoms with Crippen LogP contribution in [0, 0.1) is 0 Å². The van der Waals surface area contributed by atoms with Crippen molar-refractivity contribution < 1.29 is 14.3 Å². The van der Waals surface area contributed by atoms with Crippen molar-refractivity contribution in [1.29, 1.82) is 0 Å². The Bertz CT molecular complexity index is 489. The molecule has 0 unspecified atom stereocenters. The van der Waals surface area contributed by atoms with Gasteiger partial charge < -0.3 is 10.1 Å². The van der Waals surface area contributed by atoms with Gasteiger partial charge in [0.1, 0.15) is 0 Å². The van der Waals surface area contributed by atoms with Crippen LogP contribution in [0.15, 0.2) is 34.3 Å². The average Bonchev–Trinajstić information content (AvgIpc) is 2.52. The summed E-state index contributed by atoms with van der Waals surface area (Å²) in [5.41, 5.74) is 3.02. The van der Waals surface area contributed by atoms with E-state index in [1.54, 1.807) is 18.9 Å². The predicted octanol–water partition coefficient (Wildman–Crippen LogP) is 1.01. The van der Waals surface area contributed by atoms with Gasteiger partial charge in [-0.3, -0.25) is 9.59 Å². The minimum atomic E-state index is -0.788. The van der Waals surface area contributed by atoms with E-state index in [0.29, 0.717) is 19.6 Å². The number of carbonyl (C=O) groups excluding carboxylic acids is 2. The van der Waals surface area contributed by atoms with Gasteiger partial charge in [-0.1, -0.05) is 12.1 Å². The number of hydrazone groups is 1. The maximum absolute atomic E-state index is 11.4. The molecule has 0 aromatic heterocycles. The van der Waals surface area contributed by atoms with Crippen molar-refractivity contribution in [3.05, 3.63) is 29.8 Å². The van der Waals surface area contributed by atoms with Crippen LogP contribution in [0.3, 0.4) is 0 Å². The highest BCUT2D eigenvalue weighted by Gasteiger charge is 2.10. The van der Waals surface area contributed by atoms with Gasteiger partial charge in [-0.05, 0) is 30.4 Å². The van der Waals surface area contributed by atoms with Gasteiger partial charge >= 0.3 is 11.8 Å². The molecule has 0 bridgehead atoms. The van der Waals surface area contributed by atoms with Gasteiger partial charge in [-0.15, -0.1) is 11.8 Å². The van der Waals surface area contributed by atoms with Crippen LogP contribution >= 0.6 is 11.8 Å². The number of hydrogen-bond acceptors (Lipinski definition) is 5. The smallest absolute Gasteiger partial charge is 0.329 e. The SMILES string of the molecule is COCCCNC(=O)C(=O)N/N=C\c1ccc(SC)cc1. The van der Waals surface area contributed by atoms with E-state index >= 15 is 0 Å². The highest BCUT2D eigenvalue weighted by molar-refractivity contribution is 7.98. The number of carbonyl (C=O) groups is 2. The van der Waals surface area contributed by atoms with Gasteiger partial charge in [0.05, 0.1) is 6.21 Å². The number of hydrogen-bond donors (Lipinski definition) is 2. The number of nitrogens with zero attached hydrogens (tertiary/aromatic N) is 1. The number of amides is 2. The highest BCUT2D eigenvalue weighted by atomic mass is 32.2. The molecule has 0 aliphatic carbocycles. The third kappa shape index (κ3) is 6.92. The van der Waals surface area contributed by atoms with Crippen LogP contribution in [0.5, 0.6) is 0 Å². The summed E-state index contributed by atoms with van der Waals surface area (Å²) in [6, 6.07) is 7.67. The Kier molecular flexibility index (Phi) is 8.15. The Morgan fingerprint density at radius 3 is 2.62 bits per heavy atom. The number of rotatable bonds is 7. The van der Waals surface area contributed by atoms with Crippen molar-refractivity contribution in [3.8, 4) is 0 Å². The van der Waals surface area contributed by atoms with Crippen LogP contribution in [-0.2, 0) is 14.3 Å². The third-order valence-electron chi connectivity index (χ3n) is 2.51. The lowest BCUT2D eigenvalue weighted by molar-refractivity contribution is -0.139. The van der Waals surface area contributed by atoms with Crippen LogP contribution < -0.4 is 10.7 Å². The third-order valence-corrected chi connectivity index (χ3v) is 3.26. The molecule has 0 spiro atoms. The van der Waals surface area contributed by atoms with Gasteiger partial charge in [0.2, 0.25) is 0 Å². The number of benzene rings is 1. The molecule has 0 saturated carbocycles. The molecule has 114 valence electrons. The quantitative estimate of drug-likeness (QED) is 0.259. The molecule has 2 N–H and O–H groups in total. The summed E-state index contributed by atoms with van der Waals surface area (Å²) < 4.78 is 4.84. The average molecular weight is 309 g/mol. The number of thioether (sulfide) groups is 1. The first kappa shape index (κ1) is 17.2. The first-order valence-electron chi connectivity index (χ1n) is 6.41. The second kappa shape index (κ2) is 9.95. The van der Waals surface area contributed by atoms with E-state index in [9.17, 15) is 9.59 Å². The van der Waals surface area contributed by atoms with Crippen molar-refractivity contribution >= 4 is 29.8 Å². The van der Waals surface area contributed by atoms with Gasteiger partial charge in [-0.25, -0.2) is 5.43 Å². The van der Waals surface area contributed by atoms with E-state index in [0.717, 1.165) is 10.5 Å². The first-order chi connectivity index (χ1) is 10.2. The maximum atomic E-state index is 11.4. The van der Waals surface area contributed by atoms with Gasteiger partial charge in [-0.2, -0.15) is 5.10 Å². The molecule has 0 fully saturated rings. The number of nitrogens with one attached hydrogen (secondary N) is 2. The standard InChI is InChI=1S/C14H19N3O3S/c1-20-9-3-8-15-13(18)14(19)17-16-10-11-4-6-12(21-2)7-5-11/h4-7,10H,3,8-9H2,1-2H3,(H,15,18)(H,17,19)/b16-10-. The Balaban J connectivity index is 2.33. The Morgan fingerprint density at radius 2 is 2.00 bits per heavy atom. The van der Waals surface area contributed by atoms with Crippen molar-refractivity contribution in [3.63, 3.8) is 0 Å². The van der Waals surface area contributed by atoms with Crippen molar-refractivity contribution in [1.82, 2.24) is 10.7 Å². The predicted molar refractivity (Wildman–Crippen MR) is 83.5 cm³/mol. The van der Waals surface area contributed by atoms with Crippen LogP contribution in [0.2, 0.25) is 0 Å². The fraction of sp³-hybridized carbons (Fsp3) is 0.357. The van der Waals surface area contributed by atoms with Crippen molar-refractivity contribution in [2.24, 2.45) is 5.10 Å². The summed E-state index contributed by atoms with van der Waals surface area (Å²) >= 11 is 1.65. The second-order valence-electron chi connectivity index (χ2n) is 4.07. The summed E-state index contributed by atoms with van der Waals surface area (Å²) in [4.78, 5) is 24.0. The van der Waals surface area contributed by atoms with E-state index in [2.05, 4.69) is 15.8 Å². The second-order valence-corrected chi connectivity index (χ2v) is 4.95. The molecule has 2 amide bonds. The fourth-order valence-electron chi connectivity index (χ4n) is 1.40. The molecule has 1 aromatic carbocycles. The van der Waals surface area contributed by atoms with E-state index in [1.165, 1.54) is 6.21 Å². The minimum Gasteiger partial charge on any atom is -0.385 e. The molecule has 0 aliphatic heterocycles. The summed E-state index contributed by atoms with van der Waals surface area (Å²) in [7, 11) is 1.58. The van der Waals surface area contributed by atoms with Gasteiger partial charge in [0.15, 0.2) is 0 Å². The summed E-state index contributed by atoms with van der Waals surface area (Å²) in [5, 5.41) is 6.22. The van der Waals surface area contributed by atoms with Gasteiger partial charge in [0.25, 0.3) is 0 Å². The Labute approximate surface area is 128 Å². The molecule has 1 rings (SSSR count). The molecule has 0 heterocycles. The lowest BCUT2D eigenvalue weighted by Gasteiger charge is -2.03. The lowest BCUT2D eigenvalue weighted by atomic mass is 10.2. The van der Waals surface area contributed by atoms with E-state index < -0.39 is 11.8 Å². The molecular formula is C14H19N3O3S. The zero-order valence-electron chi connectivity index (χ0n) is 12.1. The largest absolute Gasteiger partial charge is 0.385 e. The van der Waals surface area contributed by atoms with E-state index in [4.69, 9.17) is 4.74 Å². The molecule has 6 nitrogen and oxygen atoms in total. The molecule has 0 aliphatic rings. The fourth-order valence-corrected chi connectivity index (χ4v) is 1.81. The highest BCUT2D eigenvalue weighted by Crippen LogP contribution is 2.13. The molecule has 0 atom stereocenters. The van der Waals surface area contributed by atoms with Crippen LogP contribution in [0.1, 0.15) is 12.0 Å². The molecular weight excluding hydrogens is 290 g/mol. The zero-order chi connectivity index (χ0) is 15.5. The summed E-state index contributed by atoms with van der Waals surface area (Å²) in [5.74, 6) is -1.50. The van der Waals surface area contributed by atoms with Crippen LogP contribution in [0.25, 0.3) is 0 Å². The first-order valence-corrected chi connectivity index (χ1v) is 7.64. The molecule has 21 heavy (non-hydrogen) atoms. The van der Waals surface area contributed by atoms with E-state index in [1.807, 2.05) is 30.5 Å². The van der Waals surface area contributed by atoms with Crippen molar-refractivity contribution in [2.45, 2.75) is 11.3 Å². The number of ether oxygens (including phenoxy) is 1. The Morgan fingerprint density at radius 1 is 1.29 bits per heavy atom. The monoisotopic (exact) mass is 309 g/mol. The van der Waals surface area contributed by atoms with Crippen LogP contribution in [-0.4, -0.2) is 44.5 Å². The Hall–Kier alpha value is -1.86. The summed E-state index contributed by atoms with van der Waals surface area (Å²) in [6.07, 6.45) is 4.13. The summed E-state index contributed by atoms with van der Waals surface area (Å²) in [6.45, 7) is 0.923. The lowest BCUT2D eigenvalue weighted by Crippen LogP contribution is -2.38. The molecule has 1 aromatic rings. The molecule has 0 saturated heterocycles. The normalized spacial score (nSPS) is 10.6. The van der Waals surface area contributed by atoms with Crippen LogP contribution in [0.4, 0.5) is 0 Å². The van der Waals surface area contributed by atoms with Gasteiger partial charge in [0, 0.05) is 25.2 Å². The number of methoxy groups -OCH3 is 1. The van der Waals surface area contributed by atoms with Crippen molar-refractivity contribution in [2.75, 3.05) is 26.5 Å². The topological polar surface area (TPSA) is 79.8 Å². The maximum Gasteiger partial charge on any atom is 0.329 e. The molecule has 7 heteroatoms.